The zero-order chi connectivity index (χ0) is 14.1. The third-order valence-corrected chi connectivity index (χ3v) is 3.76. The van der Waals surface area contributed by atoms with Crippen LogP contribution in [0.25, 0.3) is 10.2 Å². The van der Waals surface area contributed by atoms with Crippen LogP contribution in [0.5, 0.6) is 0 Å². The summed E-state index contributed by atoms with van der Waals surface area (Å²) in [6.45, 7) is 0. The molecule has 100 valence electrons. The van der Waals surface area contributed by atoms with Gasteiger partial charge >= 0.3 is 5.97 Å². The number of carboxylic acid groups (broad SMARTS) is 1. The molecule has 0 bridgehead atoms. The molecule has 3 rings (SSSR count). The predicted molar refractivity (Wildman–Crippen MR) is 79.1 cm³/mol. The fourth-order valence-electron chi connectivity index (χ4n) is 1.70. The molecule has 0 fully saturated rings. The molecule has 0 saturated carbocycles. The van der Waals surface area contributed by atoms with Crippen molar-refractivity contribution in [2.24, 2.45) is 0 Å². The van der Waals surface area contributed by atoms with Crippen molar-refractivity contribution in [3.63, 3.8) is 0 Å². The highest BCUT2D eigenvalue weighted by Crippen LogP contribution is 2.27. The Balaban J connectivity index is 1.90. The van der Waals surface area contributed by atoms with E-state index >= 15 is 0 Å². The lowest BCUT2D eigenvalue weighted by Crippen LogP contribution is -1.99. The van der Waals surface area contributed by atoms with Crippen LogP contribution in [0.15, 0.2) is 35.7 Å². The lowest BCUT2D eigenvalue weighted by molar-refractivity contribution is 0.0697. The second-order valence-electron chi connectivity index (χ2n) is 3.98. The first kappa shape index (κ1) is 12.8. The molecule has 0 saturated heterocycles. The Morgan fingerprint density at radius 2 is 1.95 bits per heavy atom. The minimum Gasteiger partial charge on any atom is -0.478 e. The number of hydrogen-bond donors (Lipinski definition) is 2. The van der Waals surface area contributed by atoms with Gasteiger partial charge in [-0.3, -0.25) is 0 Å². The fourth-order valence-corrected chi connectivity index (χ4v) is 2.75. The number of aromatic nitrogens is 2. The minimum atomic E-state index is -0.962. The number of nitrogens with one attached hydrogen (secondary N) is 1. The number of anilines is 2. The Labute approximate surface area is 122 Å². The van der Waals surface area contributed by atoms with Crippen LogP contribution in [-0.2, 0) is 0 Å². The molecule has 3 aromatic rings. The largest absolute Gasteiger partial charge is 0.478 e. The van der Waals surface area contributed by atoms with E-state index in [4.69, 9.17) is 16.7 Å². The van der Waals surface area contributed by atoms with Crippen LogP contribution in [-0.4, -0.2) is 21.0 Å². The Morgan fingerprint density at radius 1 is 1.20 bits per heavy atom. The maximum Gasteiger partial charge on any atom is 0.335 e. The summed E-state index contributed by atoms with van der Waals surface area (Å²) < 4.78 is 0. The van der Waals surface area contributed by atoms with Crippen LogP contribution in [0.2, 0.25) is 5.15 Å². The first-order chi connectivity index (χ1) is 9.63. The number of thiophene rings is 1. The van der Waals surface area contributed by atoms with Gasteiger partial charge in [-0.1, -0.05) is 11.6 Å². The number of rotatable bonds is 3. The molecule has 0 radical (unpaired) electrons. The van der Waals surface area contributed by atoms with Gasteiger partial charge in [-0.2, -0.15) is 0 Å². The topological polar surface area (TPSA) is 75.1 Å². The van der Waals surface area contributed by atoms with E-state index in [2.05, 4.69) is 15.3 Å². The van der Waals surface area contributed by atoms with Crippen molar-refractivity contribution in [1.82, 2.24) is 9.97 Å². The summed E-state index contributed by atoms with van der Waals surface area (Å²) in [4.78, 5) is 20.1. The third kappa shape index (κ3) is 2.43. The van der Waals surface area contributed by atoms with E-state index in [-0.39, 0.29) is 5.56 Å². The highest BCUT2D eigenvalue weighted by Gasteiger charge is 2.08. The third-order valence-electron chi connectivity index (χ3n) is 2.67. The molecule has 0 aliphatic rings. The second-order valence-corrected chi connectivity index (χ2v) is 5.24. The fraction of sp³-hybridized carbons (Fsp3) is 0. The Hall–Kier alpha value is -2.18. The van der Waals surface area contributed by atoms with Gasteiger partial charge in [0.15, 0.2) is 0 Å². The number of fused-ring (bicyclic) bond motifs is 1. The molecule has 0 aliphatic carbocycles. The normalized spacial score (nSPS) is 10.7. The molecule has 1 aromatic carbocycles. The van der Waals surface area contributed by atoms with Gasteiger partial charge in [-0.05, 0) is 35.7 Å². The highest BCUT2D eigenvalue weighted by molar-refractivity contribution is 7.16. The maximum atomic E-state index is 10.8. The van der Waals surface area contributed by atoms with E-state index in [1.807, 2.05) is 11.4 Å². The van der Waals surface area contributed by atoms with E-state index in [9.17, 15) is 4.79 Å². The highest BCUT2D eigenvalue weighted by atomic mass is 35.5. The molecule has 5 nitrogen and oxygen atoms in total. The molecule has 0 amide bonds. The number of carboxylic acids is 1. The Kier molecular flexibility index (Phi) is 3.25. The van der Waals surface area contributed by atoms with Crippen molar-refractivity contribution < 1.29 is 9.90 Å². The molecule has 2 N–H and O–H groups in total. The summed E-state index contributed by atoms with van der Waals surface area (Å²) in [5.41, 5.74) is 0.921. The van der Waals surface area contributed by atoms with Gasteiger partial charge in [0, 0.05) is 11.1 Å². The maximum absolute atomic E-state index is 10.8. The molecule has 2 aromatic heterocycles. The lowest BCUT2D eigenvalue weighted by atomic mass is 10.2. The summed E-state index contributed by atoms with van der Waals surface area (Å²) >= 11 is 7.55. The van der Waals surface area contributed by atoms with Crippen molar-refractivity contribution in [2.45, 2.75) is 0 Å². The van der Waals surface area contributed by atoms with Crippen LogP contribution in [0.1, 0.15) is 10.4 Å². The van der Waals surface area contributed by atoms with Crippen LogP contribution < -0.4 is 5.32 Å². The first-order valence-electron chi connectivity index (χ1n) is 5.64. The summed E-state index contributed by atoms with van der Waals surface area (Å²) in [6, 6.07) is 8.19. The van der Waals surface area contributed by atoms with Gasteiger partial charge in [0.1, 0.15) is 9.98 Å². The van der Waals surface area contributed by atoms with E-state index < -0.39 is 5.97 Å². The quantitative estimate of drug-likeness (QED) is 0.720. The van der Waals surface area contributed by atoms with E-state index in [0.717, 1.165) is 10.2 Å². The van der Waals surface area contributed by atoms with E-state index in [1.54, 1.807) is 12.1 Å². The summed E-state index contributed by atoms with van der Waals surface area (Å²) in [7, 11) is 0. The van der Waals surface area contributed by atoms with Gasteiger partial charge in [0.25, 0.3) is 0 Å². The standard InChI is InChI=1S/C13H8ClN3O2S/c14-10-9-5-6-20-11(9)17-13(16-10)15-8-3-1-7(2-4-8)12(18)19/h1-6H,(H,18,19)(H,15,16,17). The van der Waals surface area contributed by atoms with Crippen LogP contribution in [0, 0.1) is 0 Å². The molecular formula is C13H8ClN3O2S. The molecule has 20 heavy (non-hydrogen) atoms. The Bertz CT molecular complexity index is 786. The number of aromatic carboxylic acids is 1. The average Bonchev–Trinajstić information content (AvgIpc) is 2.88. The predicted octanol–water partition coefficient (Wildman–Crippen LogP) is 3.79. The molecule has 0 unspecified atom stereocenters. The van der Waals surface area contributed by atoms with Gasteiger partial charge in [-0.15, -0.1) is 11.3 Å². The SMILES string of the molecule is O=C(O)c1ccc(Nc2nc(Cl)c3ccsc3n2)cc1. The van der Waals surface area contributed by atoms with Crippen molar-refractivity contribution in [3.8, 4) is 0 Å². The number of carbonyl (C=O) groups is 1. The van der Waals surface area contributed by atoms with Gasteiger partial charge in [0.05, 0.1) is 5.56 Å². The number of nitrogens with zero attached hydrogens (tertiary/aromatic N) is 2. The Morgan fingerprint density at radius 3 is 2.65 bits per heavy atom. The number of benzene rings is 1. The van der Waals surface area contributed by atoms with Gasteiger partial charge in [0.2, 0.25) is 5.95 Å². The zero-order valence-corrected chi connectivity index (χ0v) is 11.6. The number of hydrogen-bond acceptors (Lipinski definition) is 5. The van der Waals surface area contributed by atoms with Crippen molar-refractivity contribution in [2.75, 3.05) is 5.32 Å². The summed E-state index contributed by atoms with van der Waals surface area (Å²) in [6.07, 6.45) is 0. The molecule has 2 heterocycles. The second kappa shape index (κ2) is 5.07. The summed E-state index contributed by atoms with van der Waals surface area (Å²) in [5, 5.41) is 14.9. The van der Waals surface area contributed by atoms with Crippen molar-refractivity contribution in [3.05, 3.63) is 46.4 Å². The van der Waals surface area contributed by atoms with Crippen LogP contribution >= 0.6 is 22.9 Å². The minimum absolute atomic E-state index is 0.225. The van der Waals surface area contributed by atoms with Gasteiger partial charge in [-0.25, -0.2) is 14.8 Å². The van der Waals surface area contributed by atoms with Crippen molar-refractivity contribution >= 4 is 50.8 Å². The monoisotopic (exact) mass is 305 g/mol. The van der Waals surface area contributed by atoms with E-state index in [1.165, 1.54) is 23.5 Å². The van der Waals surface area contributed by atoms with Gasteiger partial charge < -0.3 is 10.4 Å². The average molecular weight is 306 g/mol. The molecule has 0 aliphatic heterocycles. The molecule has 0 spiro atoms. The van der Waals surface area contributed by atoms with Crippen molar-refractivity contribution in [1.29, 1.82) is 0 Å². The summed E-state index contributed by atoms with van der Waals surface area (Å²) in [5.74, 6) is -0.580. The first-order valence-corrected chi connectivity index (χ1v) is 6.90. The molecule has 0 atom stereocenters. The molecular weight excluding hydrogens is 298 g/mol. The zero-order valence-electron chi connectivity index (χ0n) is 10.0. The lowest BCUT2D eigenvalue weighted by Gasteiger charge is -2.05. The van der Waals surface area contributed by atoms with E-state index in [0.29, 0.717) is 16.8 Å². The van der Waals surface area contributed by atoms with Crippen LogP contribution in [0.4, 0.5) is 11.6 Å². The smallest absolute Gasteiger partial charge is 0.335 e. The number of halogens is 1. The molecule has 7 heteroatoms. The van der Waals surface area contributed by atoms with Crippen LogP contribution in [0.3, 0.4) is 0 Å².